The van der Waals surface area contributed by atoms with Crippen LogP contribution in [0, 0.1) is 0 Å². The Morgan fingerprint density at radius 3 is 2.82 bits per heavy atom. The van der Waals surface area contributed by atoms with Gasteiger partial charge in [-0.3, -0.25) is 0 Å². The van der Waals surface area contributed by atoms with Crippen LogP contribution in [-0.2, 0) is 16.6 Å². The summed E-state index contributed by atoms with van der Waals surface area (Å²) in [6.07, 6.45) is 3.11. The molecule has 1 heterocycles. The molecule has 1 aromatic rings. The Kier molecular flexibility index (Phi) is 4.92. The summed E-state index contributed by atoms with van der Waals surface area (Å²) in [5.41, 5.74) is 0.848. The molecule has 0 aliphatic rings. The third-order valence-corrected chi connectivity index (χ3v) is 4.33. The van der Waals surface area contributed by atoms with Crippen LogP contribution in [0.2, 0.25) is 0 Å². The van der Waals surface area contributed by atoms with Crippen LogP contribution in [0.4, 0.5) is 0 Å². The second-order valence-electron chi connectivity index (χ2n) is 3.64. The van der Waals surface area contributed by atoms with Crippen molar-refractivity contribution in [3.05, 3.63) is 30.6 Å². The fraction of sp³-hybridized carbons (Fsp3) is 0.455. The topological polar surface area (TPSA) is 65.2 Å². The molecule has 0 aliphatic heterocycles. The molecule has 0 radical (unpaired) electrons. The lowest BCUT2D eigenvalue weighted by atomic mass is 10.4. The molecule has 0 aliphatic carbocycles. The average molecular weight is 257 g/mol. The van der Waals surface area contributed by atoms with E-state index in [0.29, 0.717) is 24.5 Å². The van der Waals surface area contributed by atoms with Gasteiger partial charge in [0.2, 0.25) is 10.0 Å². The third kappa shape index (κ3) is 3.18. The van der Waals surface area contributed by atoms with Crippen molar-refractivity contribution in [1.29, 1.82) is 0 Å². The average Bonchev–Trinajstić information content (AvgIpc) is 2.75. The van der Waals surface area contributed by atoms with Gasteiger partial charge in [-0.1, -0.05) is 13.0 Å². The number of hydrogen-bond donors (Lipinski definition) is 2. The van der Waals surface area contributed by atoms with Crippen molar-refractivity contribution < 1.29 is 8.42 Å². The molecule has 17 heavy (non-hydrogen) atoms. The lowest BCUT2D eigenvalue weighted by Gasteiger charge is -2.17. The standard InChI is InChI=1S/C11H19N3O2S/c1-4-6-14(5-2)17(15,16)11-7-10(8-12-3)13-9-11/h4,7,9,12-13H,1,5-6,8H2,2-3H3. The van der Waals surface area contributed by atoms with Crippen LogP contribution in [0.25, 0.3) is 0 Å². The van der Waals surface area contributed by atoms with E-state index in [9.17, 15) is 8.42 Å². The van der Waals surface area contributed by atoms with E-state index in [1.165, 1.54) is 10.5 Å². The van der Waals surface area contributed by atoms with Gasteiger partial charge in [0.05, 0.1) is 4.90 Å². The number of sulfonamides is 1. The maximum Gasteiger partial charge on any atom is 0.244 e. The lowest BCUT2D eigenvalue weighted by Crippen LogP contribution is -2.30. The molecule has 0 saturated heterocycles. The van der Waals surface area contributed by atoms with Gasteiger partial charge in [-0.25, -0.2) is 8.42 Å². The Bertz CT molecular complexity index is 465. The molecule has 6 heteroatoms. The fourth-order valence-corrected chi connectivity index (χ4v) is 2.99. The minimum absolute atomic E-state index is 0.298. The van der Waals surface area contributed by atoms with Gasteiger partial charge >= 0.3 is 0 Å². The predicted molar refractivity (Wildman–Crippen MR) is 68.2 cm³/mol. The zero-order valence-corrected chi connectivity index (χ0v) is 11.0. The summed E-state index contributed by atoms with van der Waals surface area (Å²) >= 11 is 0. The van der Waals surface area contributed by atoms with E-state index in [2.05, 4.69) is 16.9 Å². The summed E-state index contributed by atoms with van der Waals surface area (Å²) in [7, 11) is -1.60. The van der Waals surface area contributed by atoms with Crippen molar-refractivity contribution in [3.63, 3.8) is 0 Å². The van der Waals surface area contributed by atoms with Gasteiger partial charge in [0.15, 0.2) is 0 Å². The molecule has 1 rings (SSSR count). The highest BCUT2D eigenvalue weighted by Gasteiger charge is 2.22. The highest BCUT2D eigenvalue weighted by molar-refractivity contribution is 7.89. The van der Waals surface area contributed by atoms with Crippen LogP contribution in [0.1, 0.15) is 12.6 Å². The second kappa shape index (κ2) is 6.00. The normalized spacial score (nSPS) is 11.9. The minimum atomic E-state index is -3.41. The summed E-state index contributed by atoms with van der Waals surface area (Å²) < 4.78 is 25.8. The Balaban J connectivity index is 2.98. The molecule has 0 fully saturated rings. The molecule has 0 bridgehead atoms. The predicted octanol–water partition coefficient (Wildman–Crippen LogP) is 0.931. The van der Waals surface area contributed by atoms with Crippen LogP contribution in [0.15, 0.2) is 29.8 Å². The summed E-state index contributed by atoms with van der Waals surface area (Å²) in [5.74, 6) is 0. The van der Waals surface area contributed by atoms with Crippen molar-refractivity contribution in [2.24, 2.45) is 0 Å². The maximum absolute atomic E-state index is 12.2. The maximum atomic E-state index is 12.2. The van der Waals surface area contributed by atoms with Crippen LogP contribution in [0.3, 0.4) is 0 Å². The molecule has 5 nitrogen and oxygen atoms in total. The molecule has 0 amide bonds. The lowest BCUT2D eigenvalue weighted by molar-refractivity contribution is 0.460. The van der Waals surface area contributed by atoms with Crippen molar-refractivity contribution in [3.8, 4) is 0 Å². The number of H-pyrrole nitrogens is 1. The van der Waals surface area contributed by atoms with Crippen LogP contribution in [-0.4, -0.2) is 37.8 Å². The number of hydrogen-bond acceptors (Lipinski definition) is 3. The summed E-state index contributed by atoms with van der Waals surface area (Å²) in [6.45, 7) is 6.74. The number of likely N-dealkylation sites (N-methyl/N-ethyl adjacent to an activating group) is 1. The van der Waals surface area contributed by atoms with Crippen LogP contribution in [0.5, 0.6) is 0 Å². The molecule has 0 aromatic carbocycles. The zero-order valence-electron chi connectivity index (χ0n) is 10.2. The van der Waals surface area contributed by atoms with Gasteiger partial charge in [0.25, 0.3) is 0 Å². The van der Waals surface area contributed by atoms with Gasteiger partial charge in [-0.2, -0.15) is 4.31 Å². The van der Waals surface area contributed by atoms with Gasteiger partial charge in [-0.05, 0) is 13.1 Å². The molecule has 0 unspecified atom stereocenters. The van der Waals surface area contributed by atoms with E-state index >= 15 is 0 Å². The fourth-order valence-electron chi connectivity index (χ4n) is 1.55. The Morgan fingerprint density at radius 2 is 2.29 bits per heavy atom. The van der Waals surface area contributed by atoms with E-state index in [1.54, 1.807) is 12.1 Å². The van der Waals surface area contributed by atoms with E-state index in [0.717, 1.165) is 5.69 Å². The molecule has 0 saturated carbocycles. The largest absolute Gasteiger partial charge is 0.363 e. The van der Waals surface area contributed by atoms with Crippen molar-refractivity contribution in [2.75, 3.05) is 20.1 Å². The van der Waals surface area contributed by atoms with Gasteiger partial charge in [-0.15, -0.1) is 6.58 Å². The number of aromatic amines is 1. The van der Waals surface area contributed by atoms with E-state index < -0.39 is 10.0 Å². The molecule has 2 N–H and O–H groups in total. The van der Waals surface area contributed by atoms with Crippen molar-refractivity contribution >= 4 is 10.0 Å². The number of aromatic nitrogens is 1. The van der Waals surface area contributed by atoms with Crippen molar-refractivity contribution in [2.45, 2.75) is 18.4 Å². The first kappa shape index (κ1) is 14.0. The summed E-state index contributed by atoms with van der Waals surface area (Å²) in [5, 5.41) is 2.96. The van der Waals surface area contributed by atoms with Gasteiger partial charge in [0, 0.05) is 31.5 Å². The van der Waals surface area contributed by atoms with Gasteiger partial charge < -0.3 is 10.3 Å². The molecular formula is C11H19N3O2S. The first-order valence-electron chi connectivity index (χ1n) is 5.49. The monoisotopic (exact) mass is 257 g/mol. The Morgan fingerprint density at radius 1 is 1.59 bits per heavy atom. The second-order valence-corrected chi connectivity index (χ2v) is 5.57. The molecule has 0 spiro atoms. The van der Waals surface area contributed by atoms with Crippen LogP contribution >= 0.6 is 0 Å². The highest BCUT2D eigenvalue weighted by atomic mass is 32.2. The van der Waals surface area contributed by atoms with E-state index in [4.69, 9.17) is 0 Å². The van der Waals surface area contributed by atoms with E-state index in [-0.39, 0.29) is 0 Å². The summed E-state index contributed by atoms with van der Waals surface area (Å²) in [4.78, 5) is 3.24. The summed E-state index contributed by atoms with van der Waals surface area (Å²) in [6, 6.07) is 1.65. The van der Waals surface area contributed by atoms with Crippen LogP contribution < -0.4 is 5.32 Å². The SMILES string of the molecule is C=CCN(CC)S(=O)(=O)c1c[nH]c(CNC)c1. The highest BCUT2D eigenvalue weighted by Crippen LogP contribution is 2.16. The molecule has 0 atom stereocenters. The molecular weight excluding hydrogens is 238 g/mol. The van der Waals surface area contributed by atoms with E-state index in [1.807, 2.05) is 14.0 Å². The number of rotatable bonds is 7. The third-order valence-electron chi connectivity index (χ3n) is 2.41. The quantitative estimate of drug-likeness (QED) is 0.714. The first-order chi connectivity index (χ1) is 8.06. The molecule has 1 aromatic heterocycles. The zero-order chi connectivity index (χ0) is 12.9. The Hall–Kier alpha value is -1.11. The smallest absolute Gasteiger partial charge is 0.244 e. The first-order valence-corrected chi connectivity index (χ1v) is 6.93. The number of nitrogens with zero attached hydrogens (tertiary/aromatic N) is 1. The molecule has 96 valence electrons. The minimum Gasteiger partial charge on any atom is -0.363 e. The number of nitrogens with one attached hydrogen (secondary N) is 2. The van der Waals surface area contributed by atoms with Crippen molar-refractivity contribution in [1.82, 2.24) is 14.6 Å². The van der Waals surface area contributed by atoms with Gasteiger partial charge in [0.1, 0.15) is 0 Å². The Labute approximate surface area is 103 Å².